The number of hydrogen-bond acceptors (Lipinski definition) is 4. The van der Waals surface area contributed by atoms with Crippen molar-refractivity contribution < 1.29 is 9.47 Å². The second-order valence-corrected chi connectivity index (χ2v) is 6.81. The molecule has 23 heavy (non-hydrogen) atoms. The topological polar surface area (TPSA) is 58.1 Å². The molecule has 0 amide bonds. The molecule has 0 radical (unpaired) electrons. The minimum atomic E-state index is 0.495. The Bertz CT molecular complexity index is 329. The van der Waals surface area contributed by atoms with Gasteiger partial charge in [0.15, 0.2) is 5.96 Å². The fourth-order valence-corrected chi connectivity index (χ4v) is 2.68. The van der Waals surface area contributed by atoms with Crippen molar-refractivity contribution in [3.05, 3.63) is 0 Å². The van der Waals surface area contributed by atoms with Gasteiger partial charge in [0.05, 0.1) is 19.8 Å². The summed E-state index contributed by atoms with van der Waals surface area (Å²) < 4.78 is 11.0. The van der Waals surface area contributed by atoms with Crippen LogP contribution in [0.1, 0.15) is 27.7 Å². The molecule has 136 valence electrons. The number of hydrogen-bond donors (Lipinski definition) is 2. The Balaban J connectivity index is 2.30. The summed E-state index contributed by atoms with van der Waals surface area (Å²) in [4.78, 5) is 6.81. The first-order valence-electron chi connectivity index (χ1n) is 8.88. The zero-order valence-electron chi connectivity index (χ0n) is 15.6. The third-order valence-electron chi connectivity index (χ3n) is 3.98. The van der Waals surface area contributed by atoms with Gasteiger partial charge < -0.3 is 20.1 Å². The van der Waals surface area contributed by atoms with Gasteiger partial charge in [-0.05, 0) is 11.8 Å². The smallest absolute Gasteiger partial charge is 0.191 e. The Hall–Kier alpha value is -0.850. The maximum absolute atomic E-state index is 5.58. The first-order valence-corrected chi connectivity index (χ1v) is 8.88. The Labute approximate surface area is 142 Å². The molecule has 6 nitrogen and oxygen atoms in total. The summed E-state index contributed by atoms with van der Waals surface area (Å²) in [5, 5.41) is 6.76. The third-order valence-corrected chi connectivity index (χ3v) is 3.98. The summed E-state index contributed by atoms with van der Waals surface area (Å²) in [5.41, 5.74) is 0. The minimum Gasteiger partial charge on any atom is -0.379 e. The molecular formula is C17H36N4O2. The molecule has 0 spiro atoms. The van der Waals surface area contributed by atoms with Crippen LogP contribution in [0.3, 0.4) is 0 Å². The molecule has 1 aliphatic rings. The molecule has 1 unspecified atom stereocenters. The molecule has 0 aromatic heterocycles. The third kappa shape index (κ3) is 8.53. The van der Waals surface area contributed by atoms with Gasteiger partial charge in [0.25, 0.3) is 0 Å². The zero-order chi connectivity index (χ0) is 17.1. The van der Waals surface area contributed by atoms with Crippen molar-refractivity contribution in [3.8, 4) is 0 Å². The fourth-order valence-electron chi connectivity index (χ4n) is 2.68. The van der Waals surface area contributed by atoms with E-state index in [4.69, 9.17) is 9.47 Å². The predicted molar refractivity (Wildman–Crippen MR) is 96.0 cm³/mol. The van der Waals surface area contributed by atoms with E-state index in [1.165, 1.54) is 0 Å². The molecule has 0 aromatic carbocycles. The van der Waals surface area contributed by atoms with Crippen molar-refractivity contribution >= 4 is 5.96 Å². The SMILES string of the molecule is CN=C(NCCOCC(C)C)NCC(C(C)C)N1CCOCC1. The van der Waals surface area contributed by atoms with Crippen LogP contribution < -0.4 is 10.6 Å². The summed E-state index contributed by atoms with van der Waals surface area (Å²) in [6, 6.07) is 0.495. The number of guanidine groups is 1. The van der Waals surface area contributed by atoms with Gasteiger partial charge in [-0.25, -0.2) is 0 Å². The largest absolute Gasteiger partial charge is 0.379 e. The monoisotopic (exact) mass is 328 g/mol. The highest BCUT2D eigenvalue weighted by Crippen LogP contribution is 2.12. The lowest BCUT2D eigenvalue weighted by Gasteiger charge is -2.37. The highest BCUT2D eigenvalue weighted by Gasteiger charge is 2.23. The van der Waals surface area contributed by atoms with E-state index in [0.717, 1.165) is 52.0 Å². The van der Waals surface area contributed by atoms with Gasteiger partial charge in [-0.2, -0.15) is 0 Å². The summed E-state index contributed by atoms with van der Waals surface area (Å²) in [6.07, 6.45) is 0. The van der Waals surface area contributed by atoms with E-state index in [1.54, 1.807) is 0 Å². The van der Waals surface area contributed by atoms with Crippen molar-refractivity contribution in [2.75, 3.05) is 59.7 Å². The number of aliphatic imine (C=N–C) groups is 1. The normalized spacial score (nSPS) is 18.5. The van der Waals surface area contributed by atoms with E-state index in [9.17, 15) is 0 Å². The molecule has 1 atom stereocenters. The molecule has 0 bridgehead atoms. The number of ether oxygens (including phenoxy) is 2. The van der Waals surface area contributed by atoms with E-state index in [2.05, 4.69) is 48.2 Å². The first kappa shape index (κ1) is 20.2. The van der Waals surface area contributed by atoms with Crippen molar-refractivity contribution in [1.82, 2.24) is 15.5 Å². The van der Waals surface area contributed by atoms with Gasteiger partial charge in [0, 0.05) is 45.9 Å². The van der Waals surface area contributed by atoms with Crippen molar-refractivity contribution in [3.63, 3.8) is 0 Å². The van der Waals surface area contributed by atoms with Crippen LogP contribution in [0.2, 0.25) is 0 Å². The second kappa shape index (κ2) is 11.6. The van der Waals surface area contributed by atoms with E-state index in [-0.39, 0.29) is 0 Å². The molecule has 1 heterocycles. The van der Waals surface area contributed by atoms with Crippen LogP contribution in [0.4, 0.5) is 0 Å². The predicted octanol–water partition coefficient (Wildman–Crippen LogP) is 1.18. The fraction of sp³-hybridized carbons (Fsp3) is 0.941. The highest BCUT2D eigenvalue weighted by molar-refractivity contribution is 5.79. The van der Waals surface area contributed by atoms with Crippen LogP contribution in [0, 0.1) is 11.8 Å². The minimum absolute atomic E-state index is 0.495. The Morgan fingerprint density at radius 1 is 1.17 bits per heavy atom. The van der Waals surface area contributed by atoms with Gasteiger partial charge in [-0.15, -0.1) is 0 Å². The quantitative estimate of drug-likeness (QED) is 0.378. The molecule has 2 N–H and O–H groups in total. The van der Waals surface area contributed by atoms with Gasteiger partial charge in [-0.3, -0.25) is 9.89 Å². The van der Waals surface area contributed by atoms with Crippen LogP contribution in [0.15, 0.2) is 4.99 Å². The van der Waals surface area contributed by atoms with E-state index >= 15 is 0 Å². The molecule has 1 fully saturated rings. The average Bonchev–Trinajstić information content (AvgIpc) is 2.53. The van der Waals surface area contributed by atoms with E-state index in [0.29, 0.717) is 24.5 Å². The van der Waals surface area contributed by atoms with Crippen LogP contribution in [0.25, 0.3) is 0 Å². The summed E-state index contributed by atoms with van der Waals surface area (Å²) in [5.74, 6) is 2.01. The standard InChI is InChI=1S/C17H36N4O2/c1-14(2)13-23-9-6-19-17(18-5)20-12-16(15(3)4)21-7-10-22-11-8-21/h14-16H,6-13H2,1-5H3,(H2,18,19,20). The van der Waals surface area contributed by atoms with Gasteiger partial charge in [-0.1, -0.05) is 27.7 Å². The number of rotatable bonds is 9. The summed E-state index contributed by atoms with van der Waals surface area (Å²) in [6.45, 7) is 15.7. The first-order chi connectivity index (χ1) is 11.0. The van der Waals surface area contributed by atoms with Gasteiger partial charge >= 0.3 is 0 Å². The molecule has 0 aromatic rings. The summed E-state index contributed by atoms with van der Waals surface area (Å²) >= 11 is 0. The van der Waals surface area contributed by atoms with Crippen LogP contribution in [0.5, 0.6) is 0 Å². The number of morpholine rings is 1. The van der Waals surface area contributed by atoms with Crippen molar-refractivity contribution in [2.45, 2.75) is 33.7 Å². The Morgan fingerprint density at radius 3 is 2.43 bits per heavy atom. The highest BCUT2D eigenvalue weighted by atomic mass is 16.5. The molecular weight excluding hydrogens is 292 g/mol. The number of nitrogens with zero attached hydrogens (tertiary/aromatic N) is 2. The summed E-state index contributed by atoms with van der Waals surface area (Å²) in [7, 11) is 1.81. The lowest BCUT2D eigenvalue weighted by atomic mass is 10.0. The average molecular weight is 329 g/mol. The van der Waals surface area contributed by atoms with Crippen molar-refractivity contribution in [2.24, 2.45) is 16.8 Å². The lowest BCUT2D eigenvalue weighted by Crippen LogP contribution is -2.52. The molecule has 0 aliphatic carbocycles. The van der Waals surface area contributed by atoms with E-state index in [1.807, 2.05) is 7.05 Å². The Morgan fingerprint density at radius 2 is 1.87 bits per heavy atom. The molecule has 6 heteroatoms. The Kier molecular flexibility index (Phi) is 10.2. The zero-order valence-corrected chi connectivity index (χ0v) is 15.6. The van der Waals surface area contributed by atoms with Crippen molar-refractivity contribution in [1.29, 1.82) is 0 Å². The molecule has 1 aliphatic heterocycles. The maximum Gasteiger partial charge on any atom is 0.191 e. The van der Waals surface area contributed by atoms with E-state index < -0.39 is 0 Å². The van der Waals surface area contributed by atoms with Gasteiger partial charge in [0.1, 0.15) is 0 Å². The van der Waals surface area contributed by atoms with Crippen LogP contribution in [-0.2, 0) is 9.47 Å². The molecule has 0 saturated carbocycles. The lowest BCUT2D eigenvalue weighted by molar-refractivity contribution is 0.00751. The second-order valence-electron chi connectivity index (χ2n) is 6.81. The van der Waals surface area contributed by atoms with Gasteiger partial charge in [0.2, 0.25) is 0 Å². The van der Waals surface area contributed by atoms with Crippen LogP contribution in [-0.4, -0.2) is 76.6 Å². The molecule has 1 saturated heterocycles. The van der Waals surface area contributed by atoms with Crippen LogP contribution >= 0.6 is 0 Å². The maximum atomic E-state index is 5.58. The molecule has 1 rings (SSSR count). The number of nitrogens with one attached hydrogen (secondary N) is 2.